The predicted molar refractivity (Wildman–Crippen MR) is 82.3 cm³/mol. The molecule has 2 atom stereocenters. The molecule has 20 heavy (non-hydrogen) atoms. The van der Waals surface area contributed by atoms with Crippen molar-refractivity contribution in [1.29, 1.82) is 0 Å². The van der Waals surface area contributed by atoms with Gasteiger partial charge in [0.15, 0.2) is 0 Å². The van der Waals surface area contributed by atoms with Crippen molar-refractivity contribution in [1.82, 2.24) is 5.32 Å². The van der Waals surface area contributed by atoms with Gasteiger partial charge in [-0.15, -0.1) is 0 Å². The molecule has 1 N–H and O–H groups in total. The third-order valence-corrected chi connectivity index (χ3v) is 4.83. The average Bonchev–Trinajstić information content (AvgIpc) is 2.40. The second-order valence-corrected chi connectivity index (χ2v) is 6.46. The SMILES string of the molecule is CCCC1(CC)CC(=O)NC(=O)C1c1ccc(Br)cc1. The zero-order chi connectivity index (χ0) is 14.8. The molecule has 0 bridgehead atoms. The summed E-state index contributed by atoms with van der Waals surface area (Å²) in [5.41, 5.74) is 0.746. The van der Waals surface area contributed by atoms with Gasteiger partial charge in [-0.25, -0.2) is 0 Å². The van der Waals surface area contributed by atoms with Crippen LogP contribution in [0.25, 0.3) is 0 Å². The molecule has 3 nitrogen and oxygen atoms in total. The van der Waals surface area contributed by atoms with Crippen LogP contribution in [0.4, 0.5) is 0 Å². The second kappa shape index (κ2) is 6.08. The van der Waals surface area contributed by atoms with Crippen molar-refractivity contribution in [2.45, 2.75) is 45.4 Å². The Hall–Kier alpha value is -1.16. The molecule has 1 aromatic carbocycles. The number of halogens is 1. The molecule has 1 fully saturated rings. The molecule has 0 radical (unpaired) electrons. The van der Waals surface area contributed by atoms with E-state index < -0.39 is 0 Å². The van der Waals surface area contributed by atoms with Gasteiger partial charge in [0.25, 0.3) is 0 Å². The van der Waals surface area contributed by atoms with Gasteiger partial charge in [0.05, 0.1) is 5.92 Å². The molecule has 0 spiro atoms. The molecular weight excluding hydrogens is 318 g/mol. The van der Waals surface area contributed by atoms with Crippen molar-refractivity contribution in [3.63, 3.8) is 0 Å². The van der Waals surface area contributed by atoms with Crippen molar-refractivity contribution in [3.05, 3.63) is 34.3 Å². The molecule has 1 aliphatic rings. The predicted octanol–water partition coefficient (Wildman–Crippen LogP) is 3.78. The molecule has 0 saturated carbocycles. The van der Waals surface area contributed by atoms with Gasteiger partial charge in [0.1, 0.15) is 0 Å². The highest BCUT2D eigenvalue weighted by Crippen LogP contribution is 2.48. The van der Waals surface area contributed by atoms with Gasteiger partial charge in [-0.1, -0.05) is 48.3 Å². The molecule has 0 aliphatic carbocycles. The maximum Gasteiger partial charge on any atom is 0.234 e. The lowest BCUT2D eigenvalue weighted by Crippen LogP contribution is -2.50. The summed E-state index contributed by atoms with van der Waals surface area (Å²) in [7, 11) is 0. The van der Waals surface area contributed by atoms with Crippen LogP contribution in [0, 0.1) is 5.41 Å². The van der Waals surface area contributed by atoms with E-state index in [4.69, 9.17) is 0 Å². The molecule has 0 aromatic heterocycles. The van der Waals surface area contributed by atoms with E-state index in [0.29, 0.717) is 6.42 Å². The number of nitrogens with one attached hydrogen (secondary N) is 1. The van der Waals surface area contributed by atoms with Crippen molar-refractivity contribution in [2.75, 3.05) is 0 Å². The number of benzene rings is 1. The fourth-order valence-electron chi connectivity index (χ4n) is 3.35. The zero-order valence-electron chi connectivity index (χ0n) is 11.9. The van der Waals surface area contributed by atoms with E-state index in [1.165, 1.54) is 0 Å². The van der Waals surface area contributed by atoms with E-state index in [1.807, 2.05) is 24.3 Å². The first-order valence-electron chi connectivity index (χ1n) is 7.11. The summed E-state index contributed by atoms with van der Waals surface area (Å²) < 4.78 is 0.992. The van der Waals surface area contributed by atoms with Crippen LogP contribution in [0.15, 0.2) is 28.7 Å². The highest BCUT2D eigenvalue weighted by atomic mass is 79.9. The van der Waals surface area contributed by atoms with Crippen molar-refractivity contribution in [3.8, 4) is 0 Å². The highest BCUT2D eigenvalue weighted by Gasteiger charge is 2.47. The number of piperidine rings is 1. The maximum absolute atomic E-state index is 12.4. The second-order valence-electron chi connectivity index (χ2n) is 5.54. The zero-order valence-corrected chi connectivity index (χ0v) is 13.5. The summed E-state index contributed by atoms with van der Waals surface area (Å²) in [6, 6.07) is 7.85. The quantitative estimate of drug-likeness (QED) is 0.850. The van der Waals surface area contributed by atoms with Crippen molar-refractivity contribution in [2.24, 2.45) is 5.41 Å². The largest absolute Gasteiger partial charge is 0.296 e. The molecule has 1 saturated heterocycles. The van der Waals surface area contributed by atoms with Crippen molar-refractivity contribution >= 4 is 27.7 Å². The van der Waals surface area contributed by atoms with Crippen LogP contribution in [-0.2, 0) is 9.59 Å². The van der Waals surface area contributed by atoms with Gasteiger partial charge in [0, 0.05) is 10.9 Å². The molecule has 1 aliphatic heterocycles. The number of hydrogen-bond acceptors (Lipinski definition) is 2. The Morgan fingerprint density at radius 3 is 2.45 bits per heavy atom. The summed E-state index contributed by atoms with van der Waals surface area (Å²) in [4.78, 5) is 24.2. The normalized spacial score (nSPS) is 26.4. The van der Waals surface area contributed by atoms with E-state index in [-0.39, 0.29) is 23.1 Å². The molecule has 2 unspecified atom stereocenters. The van der Waals surface area contributed by atoms with Gasteiger partial charge >= 0.3 is 0 Å². The van der Waals surface area contributed by atoms with Gasteiger partial charge in [-0.05, 0) is 36.0 Å². The Bertz CT molecular complexity index is 512. The van der Waals surface area contributed by atoms with Crippen LogP contribution in [0.5, 0.6) is 0 Å². The lowest BCUT2D eigenvalue weighted by atomic mass is 9.63. The topological polar surface area (TPSA) is 46.2 Å². The number of amides is 2. The molecular formula is C16H20BrNO2. The van der Waals surface area contributed by atoms with Gasteiger partial charge in [-0.3, -0.25) is 14.9 Å². The third kappa shape index (κ3) is 2.80. The maximum atomic E-state index is 12.4. The summed E-state index contributed by atoms with van der Waals surface area (Å²) in [6.45, 7) is 4.18. The highest BCUT2D eigenvalue weighted by molar-refractivity contribution is 9.10. The minimum Gasteiger partial charge on any atom is -0.296 e. The van der Waals surface area contributed by atoms with Crippen LogP contribution in [0.3, 0.4) is 0 Å². The molecule has 1 heterocycles. The average molecular weight is 338 g/mol. The third-order valence-electron chi connectivity index (χ3n) is 4.31. The summed E-state index contributed by atoms with van der Waals surface area (Å²) in [5, 5.41) is 2.50. The van der Waals surface area contributed by atoms with Gasteiger partial charge in [0.2, 0.25) is 11.8 Å². The van der Waals surface area contributed by atoms with Crippen LogP contribution >= 0.6 is 15.9 Å². The van der Waals surface area contributed by atoms with E-state index in [2.05, 4.69) is 35.1 Å². The minimum atomic E-state index is -0.248. The van der Waals surface area contributed by atoms with E-state index in [9.17, 15) is 9.59 Å². The number of rotatable bonds is 4. The monoisotopic (exact) mass is 337 g/mol. The minimum absolute atomic E-state index is 0.140. The lowest BCUT2D eigenvalue weighted by molar-refractivity contribution is -0.140. The summed E-state index contributed by atoms with van der Waals surface area (Å²) in [6.07, 6.45) is 3.13. The van der Waals surface area contributed by atoms with Crippen molar-refractivity contribution < 1.29 is 9.59 Å². The number of carbonyl (C=O) groups excluding carboxylic acids is 2. The van der Waals surface area contributed by atoms with E-state index in [0.717, 1.165) is 29.3 Å². The first kappa shape index (κ1) is 15.2. The first-order chi connectivity index (χ1) is 9.52. The van der Waals surface area contributed by atoms with Gasteiger partial charge in [-0.2, -0.15) is 0 Å². The Morgan fingerprint density at radius 1 is 1.25 bits per heavy atom. The molecule has 1 aromatic rings. The fraction of sp³-hybridized carbons (Fsp3) is 0.500. The standard InChI is InChI=1S/C16H20BrNO2/c1-3-9-16(4-2)10-13(19)18-15(20)14(16)11-5-7-12(17)8-6-11/h5-8,14H,3-4,9-10H2,1-2H3,(H,18,19,20). The molecule has 108 valence electrons. The van der Waals surface area contributed by atoms with Crippen LogP contribution < -0.4 is 5.32 Å². The molecule has 2 amide bonds. The lowest BCUT2D eigenvalue weighted by Gasteiger charge is -2.42. The molecule has 2 rings (SSSR count). The van der Waals surface area contributed by atoms with E-state index >= 15 is 0 Å². The first-order valence-corrected chi connectivity index (χ1v) is 7.91. The van der Waals surface area contributed by atoms with Crippen LogP contribution in [0.2, 0.25) is 0 Å². The van der Waals surface area contributed by atoms with E-state index in [1.54, 1.807) is 0 Å². The summed E-state index contributed by atoms with van der Waals surface area (Å²) >= 11 is 3.42. The molecule has 4 heteroatoms. The summed E-state index contributed by atoms with van der Waals surface area (Å²) in [5.74, 6) is -0.532. The van der Waals surface area contributed by atoms with Crippen LogP contribution in [-0.4, -0.2) is 11.8 Å². The number of carbonyl (C=O) groups is 2. The fourth-order valence-corrected chi connectivity index (χ4v) is 3.61. The Morgan fingerprint density at radius 2 is 1.90 bits per heavy atom. The Labute approximate surface area is 128 Å². The smallest absolute Gasteiger partial charge is 0.234 e. The number of imide groups is 1. The van der Waals surface area contributed by atoms with Gasteiger partial charge < -0.3 is 0 Å². The number of hydrogen-bond donors (Lipinski definition) is 1. The Balaban J connectivity index is 2.46. The Kier molecular flexibility index (Phi) is 4.63. The van der Waals surface area contributed by atoms with Crippen LogP contribution in [0.1, 0.15) is 51.0 Å².